The summed E-state index contributed by atoms with van der Waals surface area (Å²) in [6, 6.07) is 0. The summed E-state index contributed by atoms with van der Waals surface area (Å²) in [6.45, 7) is 7.46. The quantitative estimate of drug-likeness (QED) is 0.368. The molecule has 0 atom stereocenters. The van der Waals surface area contributed by atoms with E-state index in [0.717, 1.165) is 6.42 Å². The van der Waals surface area contributed by atoms with Crippen LogP contribution in [0.15, 0.2) is 12.2 Å². The Labute approximate surface area is 90.2 Å². The molecule has 4 heteroatoms. The van der Waals surface area contributed by atoms with E-state index in [9.17, 15) is 9.59 Å². The summed E-state index contributed by atoms with van der Waals surface area (Å²) in [5.74, 6) is -0.706. The second kappa shape index (κ2) is 8.03. The van der Waals surface area contributed by atoms with Gasteiger partial charge in [0.1, 0.15) is 13.2 Å². The highest BCUT2D eigenvalue weighted by Gasteiger charge is 2.07. The van der Waals surface area contributed by atoms with Crippen molar-refractivity contribution in [2.24, 2.45) is 0 Å². The fourth-order valence-corrected chi connectivity index (χ4v) is 0.898. The van der Waals surface area contributed by atoms with E-state index in [1.807, 2.05) is 6.92 Å². The van der Waals surface area contributed by atoms with Gasteiger partial charge in [-0.25, -0.2) is 4.79 Å². The second-order valence-corrected chi connectivity index (χ2v) is 3.06. The molecule has 86 valence electrons. The van der Waals surface area contributed by atoms with Gasteiger partial charge in [-0.1, -0.05) is 26.8 Å². The van der Waals surface area contributed by atoms with E-state index in [2.05, 4.69) is 6.58 Å². The van der Waals surface area contributed by atoms with Gasteiger partial charge in [0, 0.05) is 12.0 Å². The van der Waals surface area contributed by atoms with Crippen LogP contribution in [0.2, 0.25) is 0 Å². The molecule has 0 aromatic rings. The van der Waals surface area contributed by atoms with Crippen molar-refractivity contribution in [2.45, 2.75) is 33.1 Å². The van der Waals surface area contributed by atoms with Crippen LogP contribution < -0.4 is 0 Å². The molecule has 0 amide bonds. The van der Waals surface area contributed by atoms with Crippen LogP contribution in [0.1, 0.15) is 33.1 Å². The molecule has 0 bridgehead atoms. The molecule has 0 radical (unpaired) electrons. The SMILES string of the molecule is C=C(CCC)C(=O)OCCOC(=O)CC. The molecule has 0 aliphatic carbocycles. The highest BCUT2D eigenvalue weighted by Crippen LogP contribution is 2.03. The maximum atomic E-state index is 11.2. The number of carbonyl (C=O) groups excluding carboxylic acids is 2. The van der Waals surface area contributed by atoms with Gasteiger partial charge in [0.05, 0.1) is 0 Å². The Balaban J connectivity index is 3.55. The Hall–Kier alpha value is -1.32. The summed E-state index contributed by atoms with van der Waals surface area (Å²) >= 11 is 0. The van der Waals surface area contributed by atoms with Crippen LogP contribution in [0, 0.1) is 0 Å². The summed E-state index contributed by atoms with van der Waals surface area (Å²) in [6.07, 6.45) is 1.82. The molecule has 0 aliphatic heterocycles. The maximum Gasteiger partial charge on any atom is 0.333 e. The first-order chi connectivity index (χ1) is 7.11. The Morgan fingerprint density at radius 2 is 1.73 bits per heavy atom. The molecule has 0 saturated carbocycles. The molecule has 0 fully saturated rings. The van der Waals surface area contributed by atoms with Crippen molar-refractivity contribution in [3.63, 3.8) is 0 Å². The van der Waals surface area contributed by atoms with Crippen molar-refractivity contribution in [3.8, 4) is 0 Å². The zero-order valence-electron chi connectivity index (χ0n) is 9.38. The van der Waals surface area contributed by atoms with Crippen molar-refractivity contribution >= 4 is 11.9 Å². The molecule has 15 heavy (non-hydrogen) atoms. The summed E-state index contributed by atoms with van der Waals surface area (Å²) in [7, 11) is 0. The lowest BCUT2D eigenvalue weighted by molar-refractivity contribution is -0.149. The van der Waals surface area contributed by atoms with Crippen LogP contribution in [-0.4, -0.2) is 25.2 Å². The van der Waals surface area contributed by atoms with Gasteiger partial charge in [-0.2, -0.15) is 0 Å². The minimum Gasteiger partial charge on any atom is -0.462 e. The number of rotatable bonds is 7. The number of ether oxygens (including phenoxy) is 2. The molecule has 0 heterocycles. The highest BCUT2D eigenvalue weighted by molar-refractivity contribution is 5.87. The van der Waals surface area contributed by atoms with Crippen LogP contribution in [0.4, 0.5) is 0 Å². The van der Waals surface area contributed by atoms with Crippen LogP contribution >= 0.6 is 0 Å². The Bertz CT molecular complexity index is 233. The van der Waals surface area contributed by atoms with Crippen molar-refractivity contribution in [1.29, 1.82) is 0 Å². The molecule has 0 spiro atoms. The average Bonchev–Trinajstić information content (AvgIpc) is 2.23. The fraction of sp³-hybridized carbons (Fsp3) is 0.636. The lowest BCUT2D eigenvalue weighted by Gasteiger charge is -2.06. The standard InChI is InChI=1S/C11H18O4/c1-4-6-9(3)11(13)15-8-7-14-10(12)5-2/h3-8H2,1-2H3. The number of hydrogen-bond donors (Lipinski definition) is 0. The Morgan fingerprint density at radius 1 is 1.13 bits per heavy atom. The Morgan fingerprint density at radius 3 is 2.27 bits per heavy atom. The van der Waals surface area contributed by atoms with Gasteiger partial charge in [-0.15, -0.1) is 0 Å². The first-order valence-electron chi connectivity index (χ1n) is 5.12. The van der Waals surface area contributed by atoms with E-state index >= 15 is 0 Å². The Kier molecular flexibility index (Phi) is 7.32. The maximum absolute atomic E-state index is 11.2. The van der Waals surface area contributed by atoms with Crippen molar-refractivity contribution in [2.75, 3.05) is 13.2 Å². The summed E-state index contributed by atoms with van der Waals surface area (Å²) in [5, 5.41) is 0. The minimum atomic E-state index is -0.413. The highest BCUT2D eigenvalue weighted by atomic mass is 16.6. The van der Waals surface area contributed by atoms with Crippen molar-refractivity contribution in [1.82, 2.24) is 0 Å². The molecule has 0 aromatic carbocycles. The van der Waals surface area contributed by atoms with Gasteiger partial charge in [-0.3, -0.25) is 4.79 Å². The second-order valence-electron chi connectivity index (χ2n) is 3.06. The first kappa shape index (κ1) is 13.7. The van der Waals surface area contributed by atoms with E-state index in [1.165, 1.54) is 0 Å². The van der Waals surface area contributed by atoms with Crippen molar-refractivity contribution < 1.29 is 19.1 Å². The molecule has 0 saturated heterocycles. The summed E-state index contributed by atoms with van der Waals surface area (Å²) in [5.41, 5.74) is 0.458. The molecule has 0 aromatic heterocycles. The van der Waals surface area contributed by atoms with E-state index in [1.54, 1.807) is 6.92 Å². The molecule has 4 nitrogen and oxygen atoms in total. The van der Waals surface area contributed by atoms with Gasteiger partial charge in [-0.05, 0) is 6.42 Å². The largest absolute Gasteiger partial charge is 0.462 e. The van der Waals surface area contributed by atoms with E-state index in [4.69, 9.17) is 9.47 Å². The molecule has 0 unspecified atom stereocenters. The van der Waals surface area contributed by atoms with E-state index in [0.29, 0.717) is 18.4 Å². The monoisotopic (exact) mass is 214 g/mol. The first-order valence-corrected chi connectivity index (χ1v) is 5.12. The normalized spacial score (nSPS) is 9.47. The lowest BCUT2D eigenvalue weighted by atomic mass is 10.2. The zero-order valence-corrected chi connectivity index (χ0v) is 9.38. The van der Waals surface area contributed by atoms with Crippen LogP contribution in [-0.2, 0) is 19.1 Å². The van der Waals surface area contributed by atoms with Crippen LogP contribution in [0.25, 0.3) is 0 Å². The van der Waals surface area contributed by atoms with Gasteiger partial charge in [0.25, 0.3) is 0 Å². The topological polar surface area (TPSA) is 52.6 Å². The summed E-state index contributed by atoms with van der Waals surface area (Å²) < 4.78 is 9.57. The fourth-order valence-electron chi connectivity index (χ4n) is 0.898. The van der Waals surface area contributed by atoms with E-state index in [-0.39, 0.29) is 19.2 Å². The minimum absolute atomic E-state index is 0.0906. The van der Waals surface area contributed by atoms with Gasteiger partial charge in [0.15, 0.2) is 0 Å². The average molecular weight is 214 g/mol. The van der Waals surface area contributed by atoms with Crippen molar-refractivity contribution in [3.05, 3.63) is 12.2 Å². The number of hydrogen-bond acceptors (Lipinski definition) is 4. The molecule has 0 aliphatic rings. The van der Waals surface area contributed by atoms with Crippen LogP contribution in [0.3, 0.4) is 0 Å². The predicted molar refractivity (Wildman–Crippen MR) is 56.3 cm³/mol. The smallest absolute Gasteiger partial charge is 0.333 e. The number of carbonyl (C=O) groups is 2. The molecular weight excluding hydrogens is 196 g/mol. The third-order valence-electron chi connectivity index (χ3n) is 1.71. The summed E-state index contributed by atoms with van der Waals surface area (Å²) in [4.78, 5) is 21.9. The van der Waals surface area contributed by atoms with Crippen LogP contribution in [0.5, 0.6) is 0 Å². The number of esters is 2. The molecule has 0 rings (SSSR count). The van der Waals surface area contributed by atoms with Gasteiger partial charge >= 0.3 is 11.9 Å². The van der Waals surface area contributed by atoms with E-state index < -0.39 is 5.97 Å². The van der Waals surface area contributed by atoms with Gasteiger partial charge < -0.3 is 9.47 Å². The molecule has 0 N–H and O–H groups in total. The zero-order chi connectivity index (χ0) is 11.7. The lowest BCUT2D eigenvalue weighted by Crippen LogP contribution is -2.14. The molecular formula is C11H18O4. The third-order valence-corrected chi connectivity index (χ3v) is 1.71. The third kappa shape index (κ3) is 6.71. The van der Waals surface area contributed by atoms with Gasteiger partial charge in [0.2, 0.25) is 0 Å². The predicted octanol–water partition coefficient (Wildman–Crippen LogP) is 1.84.